The maximum absolute atomic E-state index is 13.0. The van der Waals surface area contributed by atoms with E-state index in [9.17, 15) is 14.7 Å². The summed E-state index contributed by atoms with van der Waals surface area (Å²) in [5.74, 6) is 0.542. The Balaban J connectivity index is 1.90. The van der Waals surface area contributed by atoms with Gasteiger partial charge in [0.05, 0.1) is 6.10 Å². The third-order valence-electron chi connectivity index (χ3n) is 5.15. The van der Waals surface area contributed by atoms with Crippen molar-refractivity contribution in [2.45, 2.75) is 52.3 Å². The highest BCUT2D eigenvalue weighted by Gasteiger charge is 2.18. The van der Waals surface area contributed by atoms with Crippen molar-refractivity contribution >= 4 is 17.1 Å². The molecule has 1 aromatic carbocycles. The van der Waals surface area contributed by atoms with E-state index in [1.165, 1.54) is 14.7 Å². The van der Waals surface area contributed by atoms with Crippen molar-refractivity contribution in [3.63, 3.8) is 0 Å². The molecule has 2 heterocycles. The van der Waals surface area contributed by atoms with Crippen molar-refractivity contribution in [1.82, 2.24) is 18.7 Å². The molecule has 0 aliphatic heterocycles. The minimum absolute atomic E-state index is 0.325. The van der Waals surface area contributed by atoms with E-state index in [0.29, 0.717) is 43.0 Å². The SMILES string of the molecule is Cc1cccc(CNc2nc3c(c(=O)n(CCCCC(C)O)c(=O)n3C)n2C)c1. The predicted octanol–water partition coefficient (Wildman–Crippen LogP) is 1.91. The standard InChI is InChI=1S/C21H29N5O3/c1-14-8-7-10-16(12-14)13-22-20-23-18-17(24(20)3)19(28)26(21(29)25(18)4)11-6-5-9-15(2)27/h7-8,10,12,15,27H,5-6,9,11,13H2,1-4H3,(H,22,23). The summed E-state index contributed by atoms with van der Waals surface area (Å²) < 4.78 is 4.39. The molecule has 0 saturated heterocycles. The van der Waals surface area contributed by atoms with Crippen molar-refractivity contribution in [2.75, 3.05) is 5.32 Å². The summed E-state index contributed by atoms with van der Waals surface area (Å²) in [6.45, 7) is 4.67. The molecule has 2 aromatic heterocycles. The number of hydrogen-bond donors (Lipinski definition) is 2. The molecule has 8 nitrogen and oxygen atoms in total. The van der Waals surface area contributed by atoms with Gasteiger partial charge in [-0.15, -0.1) is 0 Å². The highest BCUT2D eigenvalue weighted by Crippen LogP contribution is 2.15. The number of hydrogen-bond acceptors (Lipinski definition) is 5. The molecular weight excluding hydrogens is 370 g/mol. The second-order valence-corrected chi connectivity index (χ2v) is 7.65. The Morgan fingerprint density at radius 3 is 2.62 bits per heavy atom. The normalized spacial score (nSPS) is 12.4. The van der Waals surface area contributed by atoms with Gasteiger partial charge in [0.15, 0.2) is 11.2 Å². The van der Waals surface area contributed by atoms with Gasteiger partial charge in [0, 0.05) is 27.2 Å². The lowest BCUT2D eigenvalue weighted by Gasteiger charge is -2.09. The number of aliphatic hydroxyl groups is 1. The molecule has 0 bridgehead atoms. The first-order valence-electron chi connectivity index (χ1n) is 9.93. The van der Waals surface area contributed by atoms with Crippen LogP contribution in [-0.4, -0.2) is 29.9 Å². The van der Waals surface area contributed by atoms with Crippen molar-refractivity contribution in [3.05, 3.63) is 56.2 Å². The Kier molecular flexibility index (Phi) is 6.22. The molecule has 0 radical (unpaired) electrons. The van der Waals surface area contributed by atoms with E-state index in [1.807, 2.05) is 25.1 Å². The highest BCUT2D eigenvalue weighted by molar-refractivity contribution is 5.74. The lowest BCUT2D eigenvalue weighted by molar-refractivity contribution is 0.180. The van der Waals surface area contributed by atoms with E-state index in [2.05, 4.69) is 16.4 Å². The fourth-order valence-corrected chi connectivity index (χ4v) is 3.51. The maximum atomic E-state index is 13.0. The number of nitrogens with zero attached hydrogens (tertiary/aromatic N) is 4. The summed E-state index contributed by atoms with van der Waals surface area (Å²) in [4.78, 5) is 30.2. The van der Waals surface area contributed by atoms with Gasteiger partial charge in [0.1, 0.15) is 0 Å². The van der Waals surface area contributed by atoms with Crippen LogP contribution in [0.15, 0.2) is 33.9 Å². The Morgan fingerprint density at radius 2 is 1.93 bits per heavy atom. The van der Waals surface area contributed by atoms with Crippen LogP contribution in [-0.2, 0) is 27.2 Å². The number of anilines is 1. The van der Waals surface area contributed by atoms with Gasteiger partial charge in [0.25, 0.3) is 5.56 Å². The number of aryl methyl sites for hydroxylation is 3. The summed E-state index contributed by atoms with van der Waals surface area (Å²) in [6, 6.07) is 8.16. The molecule has 156 valence electrons. The van der Waals surface area contributed by atoms with E-state index in [4.69, 9.17) is 0 Å². The molecule has 1 atom stereocenters. The number of imidazole rings is 1. The van der Waals surface area contributed by atoms with Gasteiger partial charge in [-0.2, -0.15) is 4.98 Å². The molecule has 0 saturated carbocycles. The minimum Gasteiger partial charge on any atom is -0.393 e. The van der Waals surface area contributed by atoms with Crippen molar-refractivity contribution in [2.24, 2.45) is 14.1 Å². The zero-order valence-corrected chi connectivity index (χ0v) is 17.5. The van der Waals surface area contributed by atoms with Gasteiger partial charge in [0.2, 0.25) is 5.95 Å². The van der Waals surface area contributed by atoms with Gasteiger partial charge < -0.3 is 15.0 Å². The van der Waals surface area contributed by atoms with Crippen molar-refractivity contribution in [1.29, 1.82) is 0 Å². The first kappa shape index (κ1) is 20.9. The van der Waals surface area contributed by atoms with Crippen LogP contribution in [0.25, 0.3) is 11.2 Å². The molecule has 2 N–H and O–H groups in total. The Bertz CT molecular complexity index is 1120. The second-order valence-electron chi connectivity index (χ2n) is 7.65. The lowest BCUT2D eigenvalue weighted by Crippen LogP contribution is -2.39. The van der Waals surface area contributed by atoms with Crippen LogP contribution in [0.2, 0.25) is 0 Å². The monoisotopic (exact) mass is 399 g/mol. The molecule has 8 heteroatoms. The fourth-order valence-electron chi connectivity index (χ4n) is 3.51. The number of benzene rings is 1. The first-order chi connectivity index (χ1) is 13.8. The van der Waals surface area contributed by atoms with Gasteiger partial charge in [-0.05, 0) is 38.7 Å². The minimum atomic E-state index is -0.379. The molecular formula is C21H29N5O3. The van der Waals surface area contributed by atoms with E-state index in [0.717, 1.165) is 12.0 Å². The molecule has 3 aromatic rings. The number of aromatic nitrogens is 4. The summed E-state index contributed by atoms with van der Waals surface area (Å²) in [7, 11) is 3.41. The highest BCUT2D eigenvalue weighted by atomic mass is 16.3. The number of rotatable bonds is 8. The zero-order valence-electron chi connectivity index (χ0n) is 17.5. The Labute approximate surface area is 169 Å². The summed E-state index contributed by atoms with van der Waals surface area (Å²) in [5.41, 5.74) is 2.35. The number of fused-ring (bicyclic) bond motifs is 1. The third kappa shape index (κ3) is 4.42. The second kappa shape index (κ2) is 8.65. The van der Waals surface area contributed by atoms with Crippen LogP contribution >= 0.6 is 0 Å². The van der Waals surface area contributed by atoms with E-state index in [-0.39, 0.29) is 17.4 Å². The lowest BCUT2D eigenvalue weighted by atomic mass is 10.1. The van der Waals surface area contributed by atoms with Crippen molar-refractivity contribution < 1.29 is 5.11 Å². The largest absolute Gasteiger partial charge is 0.393 e. The number of nitrogens with one attached hydrogen (secondary N) is 1. The quantitative estimate of drug-likeness (QED) is 0.564. The number of aliphatic hydroxyl groups excluding tert-OH is 1. The smallest absolute Gasteiger partial charge is 0.332 e. The molecule has 0 spiro atoms. The zero-order chi connectivity index (χ0) is 21.1. The Morgan fingerprint density at radius 1 is 1.17 bits per heavy atom. The summed E-state index contributed by atoms with van der Waals surface area (Å²) in [6.07, 6.45) is 1.67. The summed E-state index contributed by atoms with van der Waals surface area (Å²) in [5, 5.41) is 12.6. The van der Waals surface area contributed by atoms with Crippen LogP contribution in [0.1, 0.15) is 37.3 Å². The Hall–Kier alpha value is -2.87. The van der Waals surface area contributed by atoms with E-state index >= 15 is 0 Å². The molecule has 1 unspecified atom stereocenters. The molecule has 3 rings (SSSR count). The topological polar surface area (TPSA) is 94.1 Å². The number of unbranched alkanes of at least 4 members (excludes halogenated alkanes) is 1. The van der Waals surface area contributed by atoms with E-state index in [1.54, 1.807) is 25.6 Å². The van der Waals surface area contributed by atoms with Gasteiger partial charge in [-0.3, -0.25) is 13.9 Å². The van der Waals surface area contributed by atoms with Gasteiger partial charge in [-0.1, -0.05) is 29.8 Å². The summed E-state index contributed by atoms with van der Waals surface area (Å²) >= 11 is 0. The average Bonchev–Trinajstić information content (AvgIpc) is 3.00. The van der Waals surface area contributed by atoms with Gasteiger partial charge in [-0.25, -0.2) is 4.79 Å². The average molecular weight is 399 g/mol. The molecule has 0 aliphatic rings. The molecule has 0 amide bonds. The molecule has 0 fully saturated rings. The van der Waals surface area contributed by atoms with Crippen LogP contribution in [0.5, 0.6) is 0 Å². The van der Waals surface area contributed by atoms with Gasteiger partial charge >= 0.3 is 5.69 Å². The van der Waals surface area contributed by atoms with Crippen LogP contribution in [0, 0.1) is 6.92 Å². The fraction of sp³-hybridized carbons (Fsp3) is 0.476. The van der Waals surface area contributed by atoms with Crippen LogP contribution < -0.4 is 16.6 Å². The van der Waals surface area contributed by atoms with Crippen LogP contribution in [0.3, 0.4) is 0 Å². The maximum Gasteiger partial charge on any atom is 0.332 e. The molecule has 0 aliphatic carbocycles. The first-order valence-corrected chi connectivity index (χ1v) is 9.93. The van der Waals surface area contributed by atoms with Crippen molar-refractivity contribution in [3.8, 4) is 0 Å². The predicted molar refractivity (Wildman–Crippen MR) is 114 cm³/mol. The van der Waals surface area contributed by atoms with E-state index < -0.39 is 0 Å². The van der Waals surface area contributed by atoms with Crippen LogP contribution in [0.4, 0.5) is 5.95 Å². The molecule has 29 heavy (non-hydrogen) atoms. The third-order valence-corrected chi connectivity index (χ3v) is 5.15.